The van der Waals surface area contributed by atoms with Crippen LogP contribution in [0.25, 0.3) is 0 Å². The quantitative estimate of drug-likeness (QED) is 0.0222. The van der Waals surface area contributed by atoms with Crippen LogP contribution in [0.3, 0.4) is 0 Å². The predicted molar refractivity (Wildman–Crippen MR) is 186 cm³/mol. The molecule has 0 heterocycles. The first-order valence-corrected chi connectivity index (χ1v) is 20.4. The Bertz CT molecular complexity index is 776. The van der Waals surface area contributed by atoms with Crippen LogP contribution in [0.5, 0.6) is 0 Å². The third kappa shape index (κ3) is 53.9. The van der Waals surface area contributed by atoms with Crippen molar-refractivity contribution in [3.05, 3.63) is 24.7 Å². The van der Waals surface area contributed by atoms with Gasteiger partial charge in [-0.2, -0.15) is 0 Å². The van der Waals surface area contributed by atoms with Crippen LogP contribution in [0.15, 0.2) is 24.7 Å². The van der Waals surface area contributed by atoms with Crippen LogP contribution in [-0.4, -0.2) is 63.7 Å². The van der Waals surface area contributed by atoms with Gasteiger partial charge in [0.25, 0.3) is 20.8 Å². The Morgan fingerprint density at radius 1 is 0.400 bits per heavy atom. The van der Waals surface area contributed by atoms with Crippen LogP contribution >= 0.6 is 0 Å². The summed E-state index contributed by atoms with van der Waals surface area (Å²) < 4.78 is 68.9. The Morgan fingerprint density at radius 2 is 0.600 bits per heavy atom. The molecule has 0 saturated carbocycles. The first-order valence-electron chi connectivity index (χ1n) is 17.7. The molecule has 0 fully saturated rings. The summed E-state index contributed by atoms with van der Waals surface area (Å²) in [6.07, 6.45) is 40.6. The van der Waals surface area contributed by atoms with Gasteiger partial charge in [0, 0.05) is 0 Å². The molecule has 0 aliphatic rings. The van der Waals surface area contributed by atoms with Gasteiger partial charge in [0.2, 0.25) is 0 Å². The van der Waals surface area contributed by atoms with Crippen molar-refractivity contribution in [3.63, 3.8) is 0 Å². The van der Waals surface area contributed by atoms with Crippen LogP contribution in [0.2, 0.25) is 0 Å². The molecule has 0 rings (SSSR count). The molecule has 0 aliphatic carbocycles. The standard InChI is InChI=1S/2C17H34O4S.Ca/c2*1-2-3-4-5-6-7-8-9-10-11-12-13-14-15-16-17-21-22(18,19)20;/h2*16-17H,2-15H2,1H3,(H,18,19,20);/q;;+2/p-2/b2*17-16+;. The Labute approximate surface area is 308 Å². The fraction of sp³-hybridized carbons (Fsp3) is 0.882. The normalized spacial score (nSPS) is 11.8. The van der Waals surface area contributed by atoms with Gasteiger partial charge >= 0.3 is 37.7 Å². The van der Waals surface area contributed by atoms with Crippen molar-refractivity contribution in [3.8, 4) is 0 Å². The minimum absolute atomic E-state index is 0. The molecule has 8 nitrogen and oxygen atoms in total. The molecule has 0 radical (unpaired) electrons. The molecule has 0 bridgehead atoms. The molecular weight excluding hydrogens is 641 g/mol. The van der Waals surface area contributed by atoms with Gasteiger partial charge in [0.1, 0.15) is 12.5 Å². The molecule has 0 aliphatic heterocycles. The van der Waals surface area contributed by atoms with E-state index in [9.17, 15) is 25.9 Å². The third-order valence-electron chi connectivity index (χ3n) is 7.49. The Hall–Kier alpha value is 0.160. The summed E-state index contributed by atoms with van der Waals surface area (Å²) in [5.41, 5.74) is 0. The van der Waals surface area contributed by atoms with Crippen molar-refractivity contribution in [2.24, 2.45) is 0 Å². The molecule has 0 amide bonds. The first-order chi connectivity index (χ1) is 21.1. The molecule has 0 spiro atoms. The van der Waals surface area contributed by atoms with E-state index in [0.29, 0.717) is 0 Å². The molecule has 0 atom stereocenters. The minimum Gasteiger partial charge on any atom is -0.716 e. The second-order valence-electron chi connectivity index (χ2n) is 11.8. The fourth-order valence-electron chi connectivity index (χ4n) is 4.91. The van der Waals surface area contributed by atoms with Crippen molar-refractivity contribution in [2.45, 2.75) is 194 Å². The molecule has 0 aromatic rings. The molecule has 11 heteroatoms. The molecular formula is C34H66CaO8S2. The van der Waals surface area contributed by atoms with E-state index in [4.69, 9.17) is 0 Å². The van der Waals surface area contributed by atoms with Crippen molar-refractivity contribution < 1.29 is 34.3 Å². The van der Waals surface area contributed by atoms with E-state index in [2.05, 4.69) is 22.2 Å². The summed E-state index contributed by atoms with van der Waals surface area (Å²) in [6.45, 7) is 4.50. The Morgan fingerprint density at radius 3 is 0.800 bits per heavy atom. The third-order valence-corrected chi connectivity index (χ3v) is 8.18. The first kappa shape index (κ1) is 49.5. The average molecular weight is 707 g/mol. The van der Waals surface area contributed by atoms with Crippen molar-refractivity contribution >= 4 is 58.5 Å². The van der Waals surface area contributed by atoms with Gasteiger partial charge in [0.05, 0.1) is 0 Å². The summed E-state index contributed by atoms with van der Waals surface area (Å²) in [6, 6.07) is 0. The fourth-order valence-corrected chi connectivity index (χ4v) is 5.34. The number of rotatable bonds is 32. The van der Waals surface area contributed by atoms with Gasteiger partial charge in [-0.3, -0.25) is 0 Å². The largest absolute Gasteiger partial charge is 2.00 e. The maximum absolute atomic E-state index is 10.2. The van der Waals surface area contributed by atoms with Crippen LogP contribution in [-0.2, 0) is 29.2 Å². The zero-order chi connectivity index (χ0) is 33.0. The second kappa shape index (κ2) is 38.6. The van der Waals surface area contributed by atoms with Gasteiger partial charge in [-0.1, -0.05) is 168 Å². The number of allylic oxidation sites excluding steroid dienone is 2. The predicted octanol–water partition coefficient (Wildman–Crippen LogP) is 10.5. The minimum atomic E-state index is -4.58. The SMILES string of the molecule is CCCCCCCCCCCCCCC/C=C/OS(=O)(=O)[O-].CCCCCCCCCCCCCCC/C=C/OS(=O)(=O)[O-].[Ca+2]. The number of unbranched alkanes of at least 4 members (excludes halogenated alkanes) is 26. The zero-order valence-electron chi connectivity index (χ0n) is 28.9. The van der Waals surface area contributed by atoms with E-state index in [1.807, 2.05) is 0 Å². The van der Waals surface area contributed by atoms with Gasteiger partial charge in [-0.25, -0.2) is 16.8 Å². The van der Waals surface area contributed by atoms with E-state index >= 15 is 0 Å². The van der Waals surface area contributed by atoms with Crippen molar-refractivity contribution in [2.75, 3.05) is 0 Å². The van der Waals surface area contributed by atoms with Crippen molar-refractivity contribution in [1.29, 1.82) is 0 Å². The molecule has 264 valence electrons. The van der Waals surface area contributed by atoms with Crippen LogP contribution in [0.4, 0.5) is 0 Å². The van der Waals surface area contributed by atoms with Gasteiger partial charge in [0.15, 0.2) is 0 Å². The molecule has 0 N–H and O–H groups in total. The maximum Gasteiger partial charge on any atom is 2.00 e. The summed E-state index contributed by atoms with van der Waals surface area (Å²) in [5.74, 6) is 0. The number of hydrogen-bond acceptors (Lipinski definition) is 8. The van der Waals surface area contributed by atoms with E-state index in [-0.39, 0.29) is 37.7 Å². The van der Waals surface area contributed by atoms with Crippen LogP contribution in [0.1, 0.15) is 194 Å². The molecule has 45 heavy (non-hydrogen) atoms. The Balaban J connectivity index is -0.000000767. The Kier molecular flexibility index (Phi) is 42.5. The summed E-state index contributed by atoms with van der Waals surface area (Å²) in [4.78, 5) is 0. The van der Waals surface area contributed by atoms with Crippen LogP contribution in [0, 0.1) is 0 Å². The van der Waals surface area contributed by atoms with E-state index < -0.39 is 20.8 Å². The summed E-state index contributed by atoms with van der Waals surface area (Å²) >= 11 is 0. The van der Waals surface area contributed by atoms with Gasteiger partial charge in [-0.15, -0.1) is 0 Å². The average Bonchev–Trinajstić information content (AvgIpc) is 2.96. The second-order valence-corrected chi connectivity index (χ2v) is 13.8. The summed E-state index contributed by atoms with van der Waals surface area (Å²) in [7, 11) is -9.16. The smallest absolute Gasteiger partial charge is 0.716 e. The molecule has 0 saturated heterocycles. The van der Waals surface area contributed by atoms with E-state index in [1.54, 1.807) is 12.2 Å². The number of hydrogen-bond donors (Lipinski definition) is 0. The molecule has 0 unspecified atom stereocenters. The summed E-state index contributed by atoms with van der Waals surface area (Å²) in [5, 5.41) is 0. The maximum atomic E-state index is 10.2. The molecule has 0 aromatic carbocycles. The topological polar surface area (TPSA) is 133 Å². The monoisotopic (exact) mass is 706 g/mol. The van der Waals surface area contributed by atoms with Gasteiger partial charge < -0.3 is 17.5 Å². The van der Waals surface area contributed by atoms with Gasteiger partial charge in [-0.05, 0) is 37.8 Å². The van der Waals surface area contributed by atoms with E-state index in [1.165, 1.54) is 141 Å². The zero-order valence-corrected chi connectivity index (χ0v) is 32.7. The van der Waals surface area contributed by atoms with Crippen molar-refractivity contribution in [1.82, 2.24) is 0 Å². The molecule has 0 aromatic heterocycles. The van der Waals surface area contributed by atoms with Crippen LogP contribution < -0.4 is 0 Å². The van der Waals surface area contributed by atoms with E-state index in [0.717, 1.165) is 51.0 Å².